The van der Waals surface area contributed by atoms with Crippen LogP contribution in [0.25, 0.3) is 11.0 Å². The summed E-state index contributed by atoms with van der Waals surface area (Å²) in [5, 5.41) is 1.19. The van der Waals surface area contributed by atoms with Crippen molar-refractivity contribution in [1.82, 2.24) is 0 Å². The summed E-state index contributed by atoms with van der Waals surface area (Å²) in [5.41, 5.74) is 2.87. The molecule has 5 nitrogen and oxygen atoms in total. The van der Waals surface area contributed by atoms with Gasteiger partial charge in [0.1, 0.15) is 11.3 Å². The zero-order chi connectivity index (χ0) is 18.7. The molecule has 134 valence electrons. The van der Waals surface area contributed by atoms with Crippen LogP contribution >= 0.6 is 11.6 Å². The minimum absolute atomic E-state index is 0.0344. The van der Waals surface area contributed by atoms with Crippen LogP contribution in [0.2, 0.25) is 5.02 Å². The Kier molecular flexibility index (Phi) is 5.28. The Morgan fingerprint density at radius 2 is 1.96 bits per heavy atom. The molecule has 0 amide bonds. The zero-order valence-electron chi connectivity index (χ0n) is 14.4. The molecule has 6 heteroatoms. The quantitative estimate of drug-likeness (QED) is 0.474. The van der Waals surface area contributed by atoms with E-state index in [2.05, 4.69) is 0 Å². The normalized spacial score (nSPS) is 10.7. The Bertz CT molecular complexity index is 973. The molecule has 0 atom stereocenters. The van der Waals surface area contributed by atoms with Gasteiger partial charge in [-0.3, -0.25) is 9.59 Å². The van der Waals surface area contributed by atoms with Crippen molar-refractivity contribution >= 4 is 34.3 Å². The van der Waals surface area contributed by atoms with E-state index in [1.54, 1.807) is 12.1 Å². The maximum Gasteiger partial charge on any atom is 0.310 e. The van der Waals surface area contributed by atoms with E-state index in [0.29, 0.717) is 16.3 Å². The second-order valence-corrected chi connectivity index (χ2v) is 6.28. The van der Waals surface area contributed by atoms with Crippen LogP contribution in [0.5, 0.6) is 5.75 Å². The van der Waals surface area contributed by atoms with E-state index < -0.39 is 5.97 Å². The summed E-state index contributed by atoms with van der Waals surface area (Å²) in [4.78, 5) is 24.2. The average molecular weight is 373 g/mol. The third-order valence-electron chi connectivity index (χ3n) is 3.98. The van der Waals surface area contributed by atoms with E-state index in [1.807, 2.05) is 25.1 Å². The number of Topliss-reactive ketones (excluding diaryl/α,β-unsaturated/α-hetero) is 1. The summed E-state index contributed by atoms with van der Waals surface area (Å²) in [5.74, 6) is -0.362. The highest BCUT2D eigenvalue weighted by atomic mass is 35.5. The number of hydrogen-bond donors (Lipinski definition) is 0. The van der Waals surface area contributed by atoms with Crippen LogP contribution in [0.1, 0.15) is 21.5 Å². The summed E-state index contributed by atoms with van der Waals surface area (Å²) in [7, 11) is 1.49. The van der Waals surface area contributed by atoms with Crippen LogP contribution in [0.3, 0.4) is 0 Å². The number of fused-ring (bicyclic) bond motifs is 1. The van der Waals surface area contributed by atoms with Crippen molar-refractivity contribution in [2.24, 2.45) is 0 Å². The molecule has 0 aliphatic heterocycles. The summed E-state index contributed by atoms with van der Waals surface area (Å²) in [6.07, 6.45) is 1.57. The summed E-state index contributed by atoms with van der Waals surface area (Å²) < 4.78 is 15.6. The molecule has 0 radical (unpaired) electrons. The van der Waals surface area contributed by atoms with Gasteiger partial charge in [-0.2, -0.15) is 0 Å². The molecule has 3 rings (SSSR count). The zero-order valence-corrected chi connectivity index (χ0v) is 15.1. The number of rotatable bonds is 6. The molecule has 0 bridgehead atoms. The Morgan fingerprint density at radius 1 is 1.15 bits per heavy atom. The predicted octanol–water partition coefficient (Wildman–Crippen LogP) is 4.37. The maximum atomic E-state index is 12.2. The molecule has 0 N–H and O–H groups in total. The Labute approximate surface area is 155 Å². The van der Waals surface area contributed by atoms with Crippen molar-refractivity contribution in [3.05, 3.63) is 64.4 Å². The van der Waals surface area contributed by atoms with Crippen LogP contribution in [0.4, 0.5) is 0 Å². The van der Waals surface area contributed by atoms with E-state index in [9.17, 15) is 9.59 Å². The van der Waals surface area contributed by atoms with Crippen molar-refractivity contribution in [1.29, 1.82) is 0 Å². The van der Waals surface area contributed by atoms with Gasteiger partial charge in [-0.15, -0.1) is 0 Å². The average Bonchev–Trinajstić information content (AvgIpc) is 3.01. The van der Waals surface area contributed by atoms with Gasteiger partial charge in [0.25, 0.3) is 0 Å². The van der Waals surface area contributed by atoms with Gasteiger partial charge in [0.2, 0.25) is 0 Å². The Balaban J connectivity index is 1.61. The molecule has 0 saturated heterocycles. The van der Waals surface area contributed by atoms with Crippen LogP contribution in [0, 0.1) is 6.92 Å². The van der Waals surface area contributed by atoms with E-state index in [0.717, 1.165) is 22.1 Å². The van der Waals surface area contributed by atoms with Gasteiger partial charge >= 0.3 is 5.97 Å². The summed E-state index contributed by atoms with van der Waals surface area (Å²) >= 11 is 6.00. The van der Waals surface area contributed by atoms with Gasteiger partial charge < -0.3 is 13.9 Å². The molecular weight excluding hydrogens is 356 g/mol. The van der Waals surface area contributed by atoms with Crippen LogP contribution in [-0.2, 0) is 16.0 Å². The number of halogens is 1. The first-order valence-corrected chi connectivity index (χ1v) is 8.35. The number of carbonyl (C=O) groups excluding carboxylic acids is 2. The third-order valence-corrected chi connectivity index (χ3v) is 4.28. The second kappa shape index (κ2) is 7.62. The molecule has 0 aliphatic rings. The number of aryl methyl sites for hydroxylation is 1. The molecule has 3 aromatic rings. The lowest BCUT2D eigenvalue weighted by Crippen LogP contribution is -2.15. The molecule has 26 heavy (non-hydrogen) atoms. The first kappa shape index (κ1) is 18.0. The highest BCUT2D eigenvalue weighted by Crippen LogP contribution is 2.25. The molecular formula is C20H17ClO5. The van der Waals surface area contributed by atoms with Crippen molar-refractivity contribution in [2.75, 3.05) is 13.7 Å². The number of hydrogen-bond acceptors (Lipinski definition) is 5. The van der Waals surface area contributed by atoms with Gasteiger partial charge in [0.05, 0.1) is 24.8 Å². The molecule has 0 aliphatic carbocycles. The fraction of sp³-hybridized carbons (Fsp3) is 0.200. The number of ketones is 1. The van der Waals surface area contributed by atoms with E-state index in [-0.39, 0.29) is 18.8 Å². The van der Waals surface area contributed by atoms with E-state index >= 15 is 0 Å². The topological polar surface area (TPSA) is 65.7 Å². The Hall–Kier alpha value is -2.79. The van der Waals surface area contributed by atoms with Gasteiger partial charge in [-0.1, -0.05) is 23.7 Å². The number of ether oxygens (including phenoxy) is 2. The highest BCUT2D eigenvalue weighted by Gasteiger charge is 2.15. The first-order valence-electron chi connectivity index (χ1n) is 7.97. The molecule has 1 aromatic heterocycles. The van der Waals surface area contributed by atoms with Crippen molar-refractivity contribution < 1.29 is 23.5 Å². The van der Waals surface area contributed by atoms with E-state index in [4.69, 9.17) is 25.5 Å². The smallest absolute Gasteiger partial charge is 0.310 e. The lowest BCUT2D eigenvalue weighted by atomic mass is 10.1. The number of benzene rings is 2. The number of methoxy groups -OCH3 is 1. The van der Waals surface area contributed by atoms with Gasteiger partial charge in [-0.25, -0.2) is 0 Å². The van der Waals surface area contributed by atoms with Gasteiger partial charge in [-0.05, 0) is 36.8 Å². The lowest BCUT2D eigenvalue weighted by molar-refractivity contribution is -0.141. The molecule has 0 saturated carbocycles. The maximum absolute atomic E-state index is 12.2. The predicted molar refractivity (Wildman–Crippen MR) is 97.9 cm³/mol. The molecule has 1 heterocycles. The third kappa shape index (κ3) is 3.89. The van der Waals surface area contributed by atoms with Gasteiger partial charge in [0, 0.05) is 16.5 Å². The minimum Gasteiger partial charge on any atom is -0.495 e. The molecule has 0 spiro atoms. The van der Waals surface area contributed by atoms with Gasteiger partial charge in [0.15, 0.2) is 12.4 Å². The summed E-state index contributed by atoms with van der Waals surface area (Å²) in [6, 6.07) is 10.4. The monoisotopic (exact) mass is 372 g/mol. The second-order valence-electron chi connectivity index (χ2n) is 5.87. The molecule has 0 unspecified atom stereocenters. The van der Waals surface area contributed by atoms with Crippen molar-refractivity contribution in [3.8, 4) is 5.75 Å². The number of carbonyl (C=O) groups is 2. The largest absolute Gasteiger partial charge is 0.495 e. The van der Waals surface area contributed by atoms with Crippen LogP contribution in [-0.4, -0.2) is 25.5 Å². The van der Waals surface area contributed by atoms with Crippen LogP contribution in [0.15, 0.2) is 47.1 Å². The number of esters is 1. The minimum atomic E-state index is -0.499. The fourth-order valence-electron chi connectivity index (χ4n) is 2.60. The highest BCUT2D eigenvalue weighted by molar-refractivity contribution is 6.32. The first-order chi connectivity index (χ1) is 12.5. The lowest BCUT2D eigenvalue weighted by Gasteiger charge is -2.06. The Morgan fingerprint density at radius 3 is 2.69 bits per heavy atom. The molecule has 0 fully saturated rings. The van der Waals surface area contributed by atoms with Crippen molar-refractivity contribution in [3.63, 3.8) is 0 Å². The SMILES string of the molecule is COc1ccc(C(=O)COC(=O)Cc2coc3cc(C)ccc23)cc1Cl. The molecule has 2 aromatic carbocycles. The fourth-order valence-corrected chi connectivity index (χ4v) is 2.86. The van der Waals surface area contributed by atoms with E-state index in [1.165, 1.54) is 19.4 Å². The van der Waals surface area contributed by atoms with Crippen molar-refractivity contribution in [2.45, 2.75) is 13.3 Å². The van der Waals surface area contributed by atoms with Crippen LogP contribution < -0.4 is 4.74 Å². The number of furan rings is 1. The standard InChI is InChI=1S/C20H17ClO5/c1-12-3-5-15-14(10-25-19(15)7-12)9-20(23)26-11-17(22)13-4-6-18(24-2)16(21)8-13/h3-8,10H,9,11H2,1-2H3. The summed E-state index contributed by atoms with van der Waals surface area (Å²) in [6.45, 7) is 1.61.